The molecule has 0 radical (unpaired) electrons. The van der Waals surface area contributed by atoms with Gasteiger partial charge in [-0.3, -0.25) is 9.59 Å². The van der Waals surface area contributed by atoms with Crippen LogP contribution in [-0.2, 0) is 4.79 Å². The monoisotopic (exact) mass is 317 g/mol. The summed E-state index contributed by atoms with van der Waals surface area (Å²) in [5.41, 5.74) is 1.11. The molecule has 1 aromatic carbocycles. The molecule has 2 N–H and O–H groups in total. The van der Waals surface area contributed by atoms with Gasteiger partial charge in [0.05, 0.1) is 17.2 Å². The fourth-order valence-corrected chi connectivity index (χ4v) is 2.80. The first kappa shape index (κ1) is 17.5. The Labute approximate surface area is 138 Å². The maximum atomic E-state index is 12.5. The minimum atomic E-state index is -0.143. The third-order valence-electron chi connectivity index (χ3n) is 4.10. The molecule has 1 fully saturated rings. The molecule has 5 heteroatoms. The summed E-state index contributed by atoms with van der Waals surface area (Å²) in [4.78, 5) is 27.0. The molecule has 2 amide bonds. The molecule has 0 unspecified atom stereocenters. The van der Waals surface area contributed by atoms with Gasteiger partial charge in [0.25, 0.3) is 5.91 Å². The first-order valence-corrected chi connectivity index (χ1v) is 8.34. The average molecular weight is 317 g/mol. The molecule has 2 rings (SSSR count). The Morgan fingerprint density at radius 1 is 1.30 bits per heavy atom. The standard InChI is InChI=1S/C18H27N3O2/c1-13(2)11-19-18(23)15-8-4-5-9-16(15)20-17(22)14-7-6-10-21(3)12-14/h4-5,8-9,13-14H,6-7,10-12H2,1-3H3,(H,19,23)(H,20,22)/t14-/m0/s1. The van der Waals surface area contributed by atoms with E-state index in [9.17, 15) is 9.59 Å². The van der Waals surface area contributed by atoms with E-state index < -0.39 is 0 Å². The maximum absolute atomic E-state index is 12.5. The van der Waals surface area contributed by atoms with Gasteiger partial charge in [0.1, 0.15) is 0 Å². The van der Waals surface area contributed by atoms with E-state index in [2.05, 4.69) is 15.5 Å². The van der Waals surface area contributed by atoms with Crippen molar-refractivity contribution in [1.82, 2.24) is 10.2 Å². The molecular formula is C18H27N3O2. The number of carbonyl (C=O) groups excluding carboxylic acids is 2. The van der Waals surface area contributed by atoms with E-state index >= 15 is 0 Å². The number of amides is 2. The van der Waals surface area contributed by atoms with Crippen molar-refractivity contribution >= 4 is 17.5 Å². The Morgan fingerprint density at radius 3 is 2.74 bits per heavy atom. The zero-order valence-electron chi connectivity index (χ0n) is 14.3. The number of rotatable bonds is 5. The van der Waals surface area contributed by atoms with E-state index in [0.717, 1.165) is 25.9 Å². The summed E-state index contributed by atoms with van der Waals surface area (Å²) in [5, 5.41) is 5.84. The van der Waals surface area contributed by atoms with Crippen LogP contribution in [0.2, 0.25) is 0 Å². The lowest BCUT2D eigenvalue weighted by molar-refractivity contribution is -0.121. The Kier molecular flexibility index (Phi) is 6.16. The summed E-state index contributed by atoms with van der Waals surface area (Å²) >= 11 is 0. The molecule has 0 spiro atoms. The lowest BCUT2D eigenvalue weighted by atomic mass is 9.97. The highest BCUT2D eigenvalue weighted by atomic mass is 16.2. The van der Waals surface area contributed by atoms with Crippen LogP contribution >= 0.6 is 0 Å². The van der Waals surface area contributed by atoms with E-state index in [4.69, 9.17) is 0 Å². The Balaban J connectivity index is 2.04. The van der Waals surface area contributed by atoms with Crippen molar-refractivity contribution in [2.45, 2.75) is 26.7 Å². The summed E-state index contributed by atoms with van der Waals surface area (Å²) in [7, 11) is 2.03. The summed E-state index contributed by atoms with van der Waals surface area (Å²) < 4.78 is 0. The highest BCUT2D eigenvalue weighted by Crippen LogP contribution is 2.20. The summed E-state index contributed by atoms with van der Waals surface area (Å²) in [5.74, 6) is 0.232. The molecule has 5 nitrogen and oxygen atoms in total. The zero-order chi connectivity index (χ0) is 16.8. The second-order valence-electron chi connectivity index (χ2n) is 6.74. The van der Waals surface area contributed by atoms with Crippen molar-refractivity contribution in [2.24, 2.45) is 11.8 Å². The Hall–Kier alpha value is -1.88. The molecule has 1 aromatic rings. The molecule has 0 bridgehead atoms. The minimum absolute atomic E-state index is 0.000611. The number of piperidine rings is 1. The SMILES string of the molecule is CC(C)CNC(=O)c1ccccc1NC(=O)[C@H]1CCCN(C)C1. The molecule has 1 aliphatic rings. The van der Waals surface area contributed by atoms with Crippen LogP contribution in [0.3, 0.4) is 0 Å². The molecule has 1 heterocycles. The first-order chi connectivity index (χ1) is 11.0. The van der Waals surface area contributed by atoms with Gasteiger partial charge in [0, 0.05) is 13.1 Å². The van der Waals surface area contributed by atoms with Gasteiger partial charge in [0.2, 0.25) is 5.91 Å². The first-order valence-electron chi connectivity index (χ1n) is 8.34. The topological polar surface area (TPSA) is 61.4 Å². The number of nitrogens with one attached hydrogen (secondary N) is 2. The van der Waals surface area contributed by atoms with Crippen LogP contribution in [0.1, 0.15) is 37.0 Å². The van der Waals surface area contributed by atoms with Crippen LogP contribution in [0.4, 0.5) is 5.69 Å². The fraction of sp³-hybridized carbons (Fsp3) is 0.556. The number of carbonyl (C=O) groups is 2. The van der Waals surface area contributed by atoms with E-state index in [1.165, 1.54) is 0 Å². The predicted molar refractivity (Wildman–Crippen MR) is 92.5 cm³/mol. The molecule has 0 aliphatic carbocycles. The third kappa shape index (κ3) is 5.06. The third-order valence-corrected chi connectivity index (χ3v) is 4.10. The zero-order valence-corrected chi connectivity index (χ0v) is 14.3. The number of hydrogen-bond acceptors (Lipinski definition) is 3. The summed E-state index contributed by atoms with van der Waals surface area (Å²) in [6, 6.07) is 7.18. The van der Waals surface area contributed by atoms with Crippen molar-refractivity contribution in [3.8, 4) is 0 Å². The van der Waals surface area contributed by atoms with Gasteiger partial charge in [-0.05, 0) is 44.5 Å². The predicted octanol–water partition coefficient (Wildman–Crippen LogP) is 2.35. The molecule has 0 aromatic heterocycles. The van der Waals surface area contributed by atoms with Crippen LogP contribution < -0.4 is 10.6 Å². The summed E-state index contributed by atoms with van der Waals surface area (Å²) in [6.45, 7) is 6.53. The van der Waals surface area contributed by atoms with Crippen LogP contribution in [0.5, 0.6) is 0 Å². The van der Waals surface area contributed by atoms with Gasteiger partial charge < -0.3 is 15.5 Å². The van der Waals surface area contributed by atoms with Gasteiger partial charge in [-0.1, -0.05) is 26.0 Å². The Bertz CT molecular complexity index is 557. The fourth-order valence-electron chi connectivity index (χ4n) is 2.80. The van der Waals surface area contributed by atoms with Crippen LogP contribution in [-0.4, -0.2) is 43.4 Å². The van der Waals surface area contributed by atoms with Gasteiger partial charge >= 0.3 is 0 Å². The molecule has 0 saturated carbocycles. The van der Waals surface area contributed by atoms with Crippen LogP contribution in [0, 0.1) is 11.8 Å². The van der Waals surface area contributed by atoms with Crippen LogP contribution in [0.15, 0.2) is 24.3 Å². The Morgan fingerprint density at radius 2 is 2.04 bits per heavy atom. The summed E-state index contributed by atoms with van der Waals surface area (Å²) in [6.07, 6.45) is 1.93. The second kappa shape index (κ2) is 8.11. The largest absolute Gasteiger partial charge is 0.352 e. The molecule has 126 valence electrons. The molecule has 23 heavy (non-hydrogen) atoms. The molecule has 1 atom stereocenters. The van der Waals surface area contributed by atoms with E-state index in [0.29, 0.717) is 23.7 Å². The van der Waals surface area contributed by atoms with E-state index in [1.54, 1.807) is 12.1 Å². The highest BCUT2D eigenvalue weighted by Gasteiger charge is 2.25. The molecule has 1 saturated heterocycles. The average Bonchev–Trinajstić information content (AvgIpc) is 2.53. The van der Waals surface area contributed by atoms with Crippen LogP contribution in [0.25, 0.3) is 0 Å². The normalized spacial score (nSPS) is 18.7. The van der Waals surface area contributed by atoms with Crippen molar-refractivity contribution in [3.05, 3.63) is 29.8 Å². The quantitative estimate of drug-likeness (QED) is 0.876. The van der Waals surface area contributed by atoms with Gasteiger partial charge in [0.15, 0.2) is 0 Å². The lowest BCUT2D eigenvalue weighted by Gasteiger charge is -2.28. The molecular weight excluding hydrogens is 290 g/mol. The second-order valence-corrected chi connectivity index (χ2v) is 6.74. The van der Waals surface area contributed by atoms with Crippen molar-refractivity contribution in [2.75, 3.05) is 32.0 Å². The highest BCUT2D eigenvalue weighted by molar-refractivity contribution is 6.04. The van der Waals surface area contributed by atoms with Crippen molar-refractivity contribution in [1.29, 1.82) is 0 Å². The molecule has 1 aliphatic heterocycles. The number of anilines is 1. The number of likely N-dealkylation sites (tertiary alicyclic amines) is 1. The van der Waals surface area contributed by atoms with Gasteiger partial charge in [-0.15, -0.1) is 0 Å². The van der Waals surface area contributed by atoms with E-state index in [-0.39, 0.29) is 17.7 Å². The number of hydrogen-bond donors (Lipinski definition) is 2. The lowest BCUT2D eigenvalue weighted by Crippen LogP contribution is -2.38. The number of nitrogens with zero attached hydrogens (tertiary/aromatic N) is 1. The van der Waals surface area contributed by atoms with E-state index in [1.807, 2.05) is 33.0 Å². The van der Waals surface area contributed by atoms with Crippen molar-refractivity contribution in [3.63, 3.8) is 0 Å². The van der Waals surface area contributed by atoms with Crippen molar-refractivity contribution < 1.29 is 9.59 Å². The number of para-hydroxylation sites is 1. The smallest absolute Gasteiger partial charge is 0.253 e. The minimum Gasteiger partial charge on any atom is -0.352 e. The maximum Gasteiger partial charge on any atom is 0.253 e. The van der Waals surface area contributed by atoms with Gasteiger partial charge in [-0.25, -0.2) is 0 Å². The number of benzene rings is 1. The van der Waals surface area contributed by atoms with Gasteiger partial charge in [-0.2, -0.15) is 0 Å².